The van der Waals surface area contributed by atoms with E-state index in [4.69, 9.17) is 23.2 Å². The van der Waals surface area contributed by atoms with Gasteiger partial charge in [0, 0.05) is 45.4 Å². The molecule has 4 rings (SSSR count). The number of aryl methyl sites for hydroxylation is 1. The fourth-order valence-corrected chi connectivity index (χ4v) is 5.76. The molecule has 2 nitrogen and oxygen atoms in total. The van der Waals surface area contributed by atoms with Gasteiger partial charge in [-0.1, -0.05) is 47.8 Å². The normalized spacial score (nSPS) is 15.4. The molecule has 3 aromatic rings. The van der Waals surface area contributed by atoms with Crippen LogP contribution in [0.3, 0.4) is 0 Å². The van der Waals surface area contributed by atoms with Crippen LogP contribution >= 0.6 is 35.0 Å². The zero-order chi connectivity index (χ0) is 19.5. The number of hydrogen-bond donors (Lipinski definition) is 0. The Hall–Kier alpha value is -1.13. The van der Waals surface area contributed by atoms with Gasteiger partial charge in [-0.05, 0) is 62.7 Å². The Morgan fingerprint density at radius 3 is 2.57 bits per heavy atom. The van der Waals surface area contributed by atoms with Crippen molar-refractivity contribution in [3.63, 3.8) is 0 Å². The van der Waals surface area contributed by atoms with Crippen LogP contribution in [0.25, 0.3) is 10.9 Å². The van der Waals surface area contributed by atoms with Gasteiger partial charge in [0.25, 0.3) is 0 Å². The van der Waals surface area contributed by atoms with Gasteiger partial charge in [0.05, 0.1) is 5.02 Å². The summed E-state index contributed by atoms with van der Waals surface area (Å²) in [5, 5.41) is 2.89. The molecule has 0 bridgehead atoms. The van der Waals surface area contributed by atoms with E-state index in [0.717, 1.165) is 33.8 Å². The second-order valence-corrected chi connectivity index (χ2v) is 9.25. The number of thioether (sulfide) groups is 1. The van der Waals surface area contributed by atoms with Gasteiger partial charge in [-0.2, -0.15) is 0 Å². The smallest absolute Gasteiger partial charge is 0.0543 e. The predicted octanol–water partition coefficient (Wildman–Crippen LogP) is 7.25. The molecule has 0 radical (unpaired) electrons. The lowest BCUT2D eigenvalue weighted by Gasteiger charge is -2.27. The number of para-hydroxylation sites is 1. The molecule has 0 unspecified atom stereocenters. The fourth-order valence-electron chi connectivity index (χ4n) is 4.21. The summed E-state index contributed by atoms with van der Waals surface area (Å²) in [4.78, 5) is 3.66. The molecular formula is C23H26Cl2N2S. The number of fused-ring (bicyclic) bond motifs is 1. The fraction of sp³-hybridized carbons (Fsp3) is 0.391. The van der Waals surface area contributed by atoms with Crippen LogP contribution in [-0.4, -0.2) is 22.6 Å². The van der Waals surface area contributed by atoms with Crippen molar-refractivity contribution in [1.29, 1.82) is 0 Å². The minimum atomic E-state index is 0.733. The van der Waals surface area contributed by atoms with Gasteiger partial charge in [-0.3, -0.25) is 4.90 Å². The number of likely N-dealkylation sites (tertiary alicyclic amines) is 1. The van der Waals surface area contributed by atoms with Gasteiger partial charge in [0.15, 0.2) is 0 Å². The summed E-state index contributed by atoms with van der Waals surface area (Å²) in [5.41, 5.74) is 4.23. The van der Waals surface area contributed by atoms with Crippen molar-refractivity contribution in [2.45, 2.75) is 49.9 Å². The first-order valence-electron chi connectivity index (χ1n) is 10.1. The van der Waals surface area contributed by atoms with Gasteiger partial charge in [-0.15, -0.1) is 11.8 Å². The van der Waals surface area contributed by atoms with E-state index in [2.05, 4.69) is 40.7 Å². The summed E-state index contributed by atoms with van der Waals surface area (Å²) in [6, 6.07) is 14.5. The highest BCUT2D eigenvalue weighted by atomic mass is 35.5. The van der Waals surface area contributed by atoms with E-state index in [1.807, 2.05) is 18.2 Å². The number of benzene rings is 2. The van der Waals surface area contributed by atoms with Crippen molar-refractivity contribution in [1.82, 2.24) is 9.47 Å². The number of aromatic nitrogens is 1. The van der Waals surface area contributed by atoms with Gasteiger partial charge in [-0.25, -0.2) is 0 Å². The Morgan fingerprint density at radius 2 is 1.79 bits per heavy atom. The highest BCUT2D eigenvalue weighted by Crippen LogP contribution is 2.36. The lowest BCUT2D eigenvalue weighted by Crippen LogP contribution is -2.29. The lowest BCUT2D eigenvalue weighted by atomic mass is 10.1. The number of hydrogen-bond acceptors (Lipinski definition) is 2. The molecule has 0 amide bonds. The number of halogens is 2. The van der Waals surface area contributed by atoms with E-state index < -0.39 is 0 Å². The maximum Gasteiger partial charge on any atom is 0.0543 e. The topological polar surface area (TPSA) is 8.17 Å². The van der Waals surface area contributed by atoms with E-state index in [1.165, 1.54) is 54.5 Å². The van der Waals surface area contributed by atoms with Crippen molar-refractivity contribution in [3.8, 4) is 0 Å². The third-order valence-electron chi connectivity index (χ3n) is 5.60. The molecule has 0 N–H and O–H groups in total. The molecule has 1 aliphatic rings. The number of piperidine rings is 1. The second kappa shape index (κ2) is 9.13. The predicted molar refractivity (Wildman–Crippen MR) is 123 cm³/mol. The molecule has 1 fully saturated rings. The Balaban J connectivity index is 1.70. The Labute approximate surface area is 181 Å². The molecule has 1 aliphatic heterocycles. The molecule has 1 saturated heterocycles. The van der Waals surface area contributed by atoms with Crippen LogP contribution in [0.2, 0.25) is 10.0 Å². The van der Waals surface area contributed by atoms with E-state index in [0.29, 0.717) is 0 Å². The summed E-state index contributed by atoms with van der Waals surface area (Å²) in [7, 11) is 0. The molecule has 5 heteroatoms. The minimum Gasteiger partial charge on any atom is -0.344 e. The van der Waals surface area contributed by atoms with E-state index >= 15 is 0 Å². The molecule has 2 heterocycles. The summed E-state index contributed by atoms with van der Waals surface area (Å²) in [6.07, 6.45) is 3.99. The molecule has 0 spiro atoms. The molecule has 0 atom stereocenters. The maximum absolute atomic E-state index is 6.42. The quantitative estimate of drug-likeness (QED) is 0.379. The van der Waals surface area contributed by atoms with Crippen LogP contribution < -0.4 is 0 Å². The van der Waals surface area contributed by atoms with Crippen LogP contribution in [0.1, 0.15) is 37.4 Å². The Bertz CT molecular complexity index is 961. The summed E-state index contributed by atoms with van der Waals surface area (Å²) in [6.45, 7) is 6.65. The van der Waals surface area contributed by atoms with Crippen LogP contribution in [0, 0.1) is 0 Å². The highest BCUT2D eigenvalue weighted by molar-refractivity contribution is 7.98. The average molecular weight is 433 g/mol. The van der Waals surface area contributed by atoms with E-state index in [9.17, 15) is 0 Å². The molecule has 148 valence electrons. The lowest BCUT2D eigenvalue weighted by molar-refractivity contribution is 0.221. The van der Waals surface area contributed by atoms with Crippen molar-refractivity contribution >= 4 is 45.9 Å². The maximum atomic E-state index is 6.42. The van der Waals surface area contributed by atoms with Gasteiger partial charge >= 0.3 is 0 Å². The number of rotatable bonds is 6. The van der Waals surface area contributed by atoms with Gasteiger partial charge in [0.2, 0.25) is 0 Å². The van der Waals surface area contributed by atoms with Crippen LogP contribution in [0.5, 0.6) is 0 Å². The molecule has 28 heavy (non-hydrogen) atoms. The third-order valence-corrected chi connectivity index (χ3v) is 7.34. The summed E-state index contributed by atoms with van der Waals surface area (Å²) < 4.78 is 2.47. The summed E-state index contributed by atoms with van der Waals surface area (Å²) in [5.74, 6) is 0.895. The molecular weight excluding hydrogens is 407 g/mol. The Morgan fingerprint density at radius 1 is 1.00 bits per heavy atom. The first kappa shape index (κ1) is 20.2. The van der Waals surface area contributed by atoms with E-state index in [-0.39, 0.29) is 0 Å². The third kappa shape index (κ3) is 4.23. The van der Waals surface area contributed by atoms with Gasteiger partial charge in [0.1, 0.15) is 0 Å². The molecule has 0 aliphatic carbocycles. The minimum absolute atomic E-state index is 0.733. The molecule has 2 aromatic carbocycles. The first-order chi connectivity index (χ1) is 13.7. The zero-order valence-electron chi connectivity index (χ0n) is 16.3. The Kier molecular flexibility index (Phi) is 6.57. The molecule has 1 aromatic heterocycles. The highest BCUT2D eigenvalue weighted by Gasteiger charge is 2.20. The zero-order valence-corrected chi connectivity index (χ0v) is 18.6. The van der Waals surface area contributed by atoms with Gasteiger partial charge < -0.3 is 4.57 Å². The van der Waals surface area contributed by atoms with Crippen molar-refractivity contribution in [3.05, 3.63) is 63.8 Å². The number of nitrogens with zero attached hydrogens (tertiary/aromatic N) is 2. The van der Waals surface area contributed by atoms with Crippen LogP contribution in [0.15, 0.2) is 47.4 Å². The molecule has 0 saturated carbocycles. The first-order valence-corrected chi connectivity index (χ1v) is 11.8. The van der Waals surface area contributed by atoms with Crippen LogP contribution in [-0.2, 0) is 18.8 Å². The van der Waals surface area contributed by atoms with Crippen LogP contribution in [0.4, 0.5) is 0 Å². The van der Waals surface area contributed by atoms with E-state index in [1.54, 1.807) is 11.8 Å². The summed E-state index contributed by atoms with van der Waals surface area (Å²) >= 11 is 14.4. The van der Waals surface area contributed by atoms with Crippen molar-refractivity contribution in [2.24, 2.45) is 0 Å². The monoisotopic (exact) mass is 432 g/mol. The largest absolute Gasteiger partial charge is 0.344 e. The van der Waals surface area contributed by atoms with Crippen molar-refractivity contribution < 1.29 is 0 Å². The second-order valence-electron chi connectivity index (χ2n) is 7.39. The SMILES string of the molecule is CCn1c(CSc2cc(Cl)ccc2Cl)c(CN2CCCCC2)c2ccccc21. The van der Waals surface area contributed by atoms with Crippen molar-refractivity contribution in [2.75, 3.05) is 13.1 Å². The standard InChI is InChI=1S/C23H26Cl2N2S/c1-2-27-21-9-5-4-8-18(21)19(15-26-12-6-3-7-13-26)22(27)16-28-23-14-17(24)10-11-20(23)25/h4-5,8-11,14H,2-3,6-7,12-13,15-16H2,1H3. The average Bonchev–Trinajstić information content (AvgIpc) is 3.02.